The van der Waals surface area contributed by atoms with E-state index in [1.807, 2.05) is 24.3 Å². The van der Waals surface area contributed by atoms with Gasteiger partial charge in [0.25, 0.3) is 11.8 Å². The minimum absolute atomic E-state index is 0.347. The number of anilines is 1. The third-order valence-corrected chi connectivity index (χ3v) is 6.98. The number of hydrogen-bond acceptors (Lipinski definition) is 6. The highest BCUT2D eigenvalue weighted by molar-refractivity contribution is 6.19. The molecule has 1 aromatic heterocycles. The number of carbonyl (C=O) groups is 3. The number of aliphatic hydroxyl groups is 1. The molecule has 2 heterocycles. The summed E-state index contributed by atoms with van der Waals surface area (Å²) in [6, 6.07) is 28.6. The Balaban J connectivity index is 1.42. The third kappa shape index (κ3) is 5.35. The first-order valence-corrected chi connectivity index (χ1v) is 13.1. The number of carbonyl (C=O) groups excluding carboxylic acids is 3. The van der Waals surface area contributed by atoms with Crippen molar-refractivity contribution >= 4 is 29.1 Å². The molecular weight excluding hydrogens is 518 g/mol. The van der Waals surface area contributed by atoms with Crippen LogP contribution in [0.1, 0.15) is 29.3 Å². The number of pyridine rings is 1. The molecule has 41 heavy (non-hydrogen) atoms. The van der Waals surface area contributed by atoms with Crippen molar-refractivity contribution in [3.8, 4) is 0 Å². The fourth-order valence-corrected chi connectivity index (χ4v) is 4.74. The van der Waals surface area contributed by atoms with E-state index in [2.05, 4.69) is 20.6 Å². The van der Waals surface area contributed by atoms with E-state index in [4.69, 9.17) is 0 Å². The number of rotatable bonds is 7. The van der Waals surface area contributed by atoms with Crippen molar-refractivity contribution in [2.45, 2.75) is 24.7 Å². The first-order chi connectivity index (χ1) is 19.8. The summed E-state index contributed by atoms with van der Waals surface area (Å²) in [5.74, 6) is -1.89. The van der Waals surface area contributed by atoms with Crippen LogP contribution in [0, 0.1) is 0 Å². The van der Waals surface area contributed by atoms with E-state index < -0.39 is 35.5 Å². The van der Waals surface area contributed by atoms with Crippen LogP contribution in [0.15, 0.2) is 114 Å². The van der Waals surface area contributed by atoms with E-state index in [9.17, 15) is 19.5 Å². The van der Waals surface area contributed by atoms with Gasteiger partial charge in [-0.05, 0) is 36.2 Å². The molecule has 0 saturated heterocycles. The molecule has 0 radical (unpaired) electrons. The maximum atomic E-state index is 13.6. The lowest BCUT2D eigenvalue weighted by Crippen LogP contribution is -2.55. The van der Waals surface area contributed by atoms with Gasteiger partial charge in [0.1, 0.15) is 6.04 Å². The molecule has 3 amide bonds. The molecule has 5 rings (SSSR count). The zero-order valence-corrected chi connectivity index (χ0v) is 22.6. The minimum Gasteiger partial charge on any atom is -0.372 e. The monoisotopic (exact) mass is 547 g/mol. The van der Waals surface area contributed by atoms with Gasteiger partial charge < -0.3 is 20.6 Å². The number of para-hydroxylation sites is 1. The summed E-state index contributed by atoms with van der Waals surface area (Å²) in [6.45, 7) is 1.48. The van der Waals surface area contributed by atoms with Gasteiger partial charge in [0.15, 0.2) is 5.60 Å². The molecule has 0 spiro atoms. The number of benzene rings is 3. The summed E-state index contributed by atoms with van der Waals surface area (Å²) in [6.07, 6.45) is 0.348. The van der Waals surface area contributed by atoms with E-state index in [1.54, 1.807) is 92.1 Å². The summed E-state index contributed by atoms with van der Waals surface area (Å²) in [7, 11) is 1.61. The predicted octanol–water partition coefficient (Wildman–Crippen LogP) is 2.78. The molecule has 0 unspecified atom stereocenters. The molecule has 3 N–H and O–H groups in total. The maximum absolute atomic E-state index is 13.6. The number of aliphatic imine (C=N–C) groups is 1. The van der Waals surface area contributed by atoms with Crippen LogP contribution in [0.3, 0.4) is 0 Å². The van der Waals surface area contributed by atoms with E-state index >= 15 is 0 Å². The van der Waals surface area contributed by atoms with Crippen molar-refractivity contribution in [1.29, 1.82) is 0 Å². The Morgan fingerprint density at radius 3 is 2.07 bits per heavy atom. The Kier molecular flexibility index (Phi) is 7.71. The van der Waals surface area contributed by atoms with Crippen LogP contribution in [0.2, 0.25) is 0 Å². The minimum atomic E-state index is -2.05. The summed E-state index contributed by atoms with van der Waals surface area (Å²) in [5, 5.41) is 17.0. The van der Waals surface area contributed by atoms with Gasteiger partial charge in [-0.3, -0.25) is 19.4 Å². The van der Waals surface area contributed by atoms with Crippen LogP contribution in [0.25, 0.3) is 0 Å². The molecule has 2 atom stereocenters. The molecule has 0 aliphatic carbocycles. The molecule has 206 valence electrons. The highest BCUT2D eigenvalue weighted by atomic mass is 16.3. The molecule has 1 aliphatic heterocycles. The highest BCUT2D eigenvalue weighted by Crippen LogP contribution is 2.30. The SMILES string of the molecule is C[C@H](NC(=O)C(O)(c1ccccc1)c1ccccc1)C(=O)N[C@H]1N=C(c2ccccn2)c2ccccc2N(C)C1=O. The van der Waals surface area contributed by atoms with Crippen molar-refractivity contribution in [2.75, 3.05) is 11.9 Å². The Morgan fingerprint density at radius 1 is 0.878 bits per heavy atom. The van der Waals surface area contributed by atoms with Gasteiger partial charge in [-0.15, -0.1) is 0 Å². The van der Waals surface area contributed by atoms with Crippen molar-refractivity contribution < 1.29 is 19.5 Å². The summed E-state index contributed by atoms with van der Waals surface area (Å²) in [4.78, 5) is 50.9. The first-order valence-electron chi connectivity index (χ1n) is 13.1. The summed E-state index contributed by atoms with van der Waals surface area (Å²) < 4.78 is 0. The molecule has 9 nitrogen and oxygen atoms in total. The van der Waals surface area contributed by atoms with E-state index in [-0.39, 0.29) is 0 Å². The lowest BCUT2D eigenvalue weighted by molar-refractivity contribution is -0.140. The van der Waals surface area contributed by atoms with Gasteiger partial charge >= 0.3 is 0 Å². The number of nitrogens with zero attached hydrogens (tertiary/aromatic N) is 3. The lowest BCUT2D eigenvalue weighted by Gasteiger charge is -2.29. The van der Waals surface area contributed by atoms with Crippen molar-refractivity contribution in [3.63, 3.8) is 0 Å². The van der Waals surface area contributed by atoms with Crippen molar-refractivity contribution in [3.05, 3.63) is 132 Å². The Labute approximate surface area is 237 Å². The number of fused-ring (bicyclic) bond motifs is 1. The Bertz CT molecular complexity index is 1550. The van der Waals surface area contributed by atoms with Gasteiger partial charge in [0.05, 0.1) is 17.1 Å². The number of aromatic nitrogens is 1. The molecule has 3 aromatic carbocycles. The van der Waals surface area contributed by atoms with Crippen LogP contribution >= 0.6 is 0 Å². The molecule has 9 heteroatoms. The molecule has 1 aliphatic rings. The number of hydrogen-bond donors (Lipinski definition) is 3. The normalized spacial score (nSPS) is 15.7. The second-order valence-electron chi connectivity index (χ2n) is 9.66. The average Bonchev–Trinajstić information content (AvgIpc) is 3.12. The zero-order valence-electron chi connectivity index (χ0n) is 22.6. The highest BCUT2D eigenvalue weighted by Gasteiger charge is 2.41. The number of likely N-dealkylation sites (N-methyl/N-ethyl adjacent to an activating group) is 1. The van der Waals surface area contributed by atoms with Gasteiger partial charge in [0, 0.05) is 18.8 Å². The van der Waals surface area contributed by atoms with Gasteiger partial charge in [0.2, 0.25) is 12.1 Å². The Morgan fingerprint density at radius 2 is 1.46 bits per heavy atom. The quantitative estimate of drug-likeness (QED) is 0.328. The topological polar surface area (TPSA) is 124 Å². The van der Waals surface area contributed by atoms with Crippen LogP contribution in [0.5, 0.6) is 0 Å². The fourth-order valence-electron chi connectivity index (χ4n) is 4.74. The Hall–Kier alpha value is -5.15. The fraction of sp³-hybridized carbons (Fsp3) is 0.156. The molecular formula is C32H29N5O4. The molecule has 4 aromatic rings. The second-order valence-corrected chi connectivity index (χ2v) is 9.66. The standard InChI is InChI=1S/C32H29N5O4/c1-21(34-31(40)32(41,22-13-5-3-6-14-22)23-15-7-4-8-16-23)29(38)36-28-30(39)37(2)26-19-10-9-17-24(26)27(35-28)25-18-11-12-20-33-25/h3-21,28,41H,1-2H3,(H,34,40)(H,36,38)/t21-,28+/m0/s1. The first kappa shape index (κ1) is 27.4. The number of benzodiazepines with no additional fused rings is 1. The van der Waals surface area contributed by atoms with Crippen LogP contribution in [-0.2, 0) is 20.0 Å². The second kappa shape index (κ2) is 11.5. The largest absolute Gasteiger partial charge is 0.372 e. The lowest BCUT2D eigenvalue weighted by atomic mass is 9.85. The molecule has 0 fully saturated rings. The smallest absolute Gasteiger partial charge is 0.272 e. The predicted molar refractivity (Wildman–Crippen MR) is 155 cm³/mol. The molecule has 0 saturated carbocycles. The van der Waals surface area contributed by atoms with Crippen LogP contribution < -0.4 is 15.5 Å². The zero-order chi connectivity index (χ0) is 29.0. The van der Waals surface area contributed by atoms with E-state index in [0.29, 0.717) is 33.8 Å². The van der Waals surface area contributed by atoms with Gasteiger partial charge in [-0.2, -0.15) is 0 Å². The van der Waals surface area contributed by atoms with Crippen LogP contribution in [-0.4, -0.2) is 52.8 Å². The van der Waals surface area contributed by atoms with Crippen LogP contribution in [0.4, 0.5) is 5.69 Å². The number of amides is 3. The maximum Gasteiger partial charge on any atom is 0.272 e. The van der Waals surface area contributed by atoms with Crippen molar-refractivity contribution in [1.82, 2.24) is 15.6 Å². The molecule has 0 bridgehead atoms. The van der Waals surface area contributed by atoms with Crippen molar-refractivity contribution in [2.24, 2.45) is 4.99 Å². The summed E-state index contributed by atoms with van der Waals surface area (Å²) in [5.41, 5.74) is 0.939. The van der Waals surface area contributed by atoms with Gasteiger partial charge in [-0.25, -0.2) is 4.99 Å². The average molecular weight is 548 g/mol. The van der Waals surface area contributed by atoms with E-state index in [1.165, 1.54) is 11.8 Å². The third-order valence-electron chi connectivity index (χ3n) is 6.98. The van der Waals surface area contributed by atoms with E-state index in [0.717, 1.165) is 0 Å². The summed E-state index contributed by atoms with van der Waals surface area (Å²) >= 11 is 0. The number of nitrogens with one attached hydrogen (secondary N) is 2. The van der Waals surface area contributed by atoms with Gasteiger partial charge in [-0.1, -0.05) is 84.9 Å².